The van der Waals surface area contributed by atoms with Crippen molar-refractivity contribution < 1.29 is 14.0 Å². The van der Waals surface area contributed by atoms with Gasteiger partial charge in [0.2, 0.25) is 17.7 Å². The molecule has 0 bridgehead atoms. The van der Waals surface area contributed by atoms with Gasteiger partial charge in [0.1, 0.15) is 18.3 Å². The summed E-state index contributed by atoms with van der Waals surface area (Å²) < 4.78 is 5.50. The van der Waals surface area contributed by atoms with E-state index in [1.807, 2.05) is 20.8 Å². The lowest BCUT2D eigenvalue weighted by Gasteiger charge is -2.34. The molecule has 1 fully saturated rings. The maximum atomic E-state index is 12.4. The quantitative estimate of drug-likeness (QED) is 0.876. The third-order valence-corrected chi connectivity index (χ3v) is 3.72. The van der Waals surface area contributed by atoms with Crippen molar-refractivity contribution in [3.63, 3.8) is 0 Å². The Morgan fingerprint density at radius 1 is 1.50 bits per heavy atom. The number of nitrogens with zero attached hydrogens (tertiary/aromatic N) is 2. The Morgan fingerprint density at radius 3 is 2.85 bits per heavy atom. The Bertz CT molecular complexity index is 498. The van der Waals surface area contributed by atoms with Crippen molar-refractivity contribution in [2.24, 2.45) is 5.92 Å². The number of hydrogen-bond acceptors (Lipinski definition) is 4. The van der Waals surface area contributed by atoms with Crippen molar-refractivity contribution in [2.45, 2.75) is 46.2 Å². The first-order valence-corrected chi connectivity index (χ1v) is 7.06. The average molecular weight is 279 g/mol. The second-order valence-electron chi connectivity index (χ2n) is 5.20. The molecule has 0 saturated carbocycles. The normalized spacial score (nSPS) is 20.9. The highest BCUT2D eigenvalue weighted by Gasteiger charge is 2.35. The van der Waals surface area contributed by atoms with Crippen LogP contribution in [0.4, 0.5) is 0 Å². The standard InChI is InChI=1S/C14H21N3O3/c1-4-9(3)13-14(19)17(7-11(18)16-13)8-12-15-6-10(5-2)20-12/h6,9,13H,4-5,7-8H2,1-3H3,(H,16,18). The molecule has 6 nitrogen and oxygen atoms in total. The first-order chi connectivity index (χ1) is 9.55. The molecule has 6 heteroatoms. The lowest BCUT2D eigenvalue weighted by Crippen LogP contribution is -2.59. The number of carbonyl (C=O) groups excluding carboxylic acids is 2. The molecule has 2 rings (SSSR count). The van der Waals surface area contributed by atoms with Gasteiger partial charge in [-0.2, -0.15) is 0 Å². The van der Waals surface area contributed by atoms with Crippen molar-refractivity contribution in [2.75, 3.05) is 6.54 Å². The largest absolute Gasteiger partial charge is 0.444 e. The number of piperazine rings is 1. The lowest BCUT2D eigenvalue weighted by molar-refractivity contribution is -0.146. The zero-order chi connectivity index (χ0) is 14.7. The highest BCUT2D eigenvalue weighted by atomic mass is 16.4. The smallest absolute Gasteiger partial charge is 0.246 e. The van der Waals surface area contributed by atoms with Crippen LogP contribution in [0.1, 0.15) is 38.8 Å². The molecule has 1 aromatic rings. The molecule has 0 spiro atoms. The van der Waals surface area contributed by atoms with E-state index in [9.17, 15) is 9.59 Å². The van der Waals surface area contributed by atoms with Crippen molar-refractivity contribution in [3.8, 4) is 0 Å². The topological polar surface area (TPSA) is 75.4 Å². The van der Waals surface area contributed by atoms with E-state index in [-0.39, 0.29) is 30.8 Å². The van der Waals surface area contributed by atoms with Gasteiger partial charge in [-0.3, -0.25) is 9.59 Å². The molecule has 0 radical (unpaired) electrons. The van der Waals surface area contributed by atoms with Gasteiger partial charge < -0.3 is 14.6 Å². The van der Waals surface area contributed by atoms with Crippen LogP contribution in [0.15, 0.2) is 10.6 Å². The Balaban J connectivity index is 2.09. The van der Waals surface area contributed by atoms with Crippen molar-refractivity contribution in [1.29, 1.82) is 0 Å². The second kappa shape index (κ2) is 6.07. The predicted octanol–water partition coefficient (Wildman–Crippen LogP) is 1.11. The van der Waals surface area contributed by atoms with Crippen LogP contribution < -0.4 is 5.32 Å². The molecule has 2 amide bonds. The van der Waals surface area contributed by atoms with Crippen LogP contribution in [0.3, 0.4) is 0 Å². The number of amides is 2. The fourth-order valence-corrected chi connectivity index (χ4v) is 2.23. The Hall–Kier alpha value is -1.85. The van der Waals surface area contributed by atoms with E-state index >= 15 is 0 Å². The van der Waals surface area contributed by atoms with Gasteiger partial charge in [0, 0.05) is 6.42 Å². The van der Waals surface area contributed by atoms with Gasteiger partial charge in [0.25, 0.3) is 0 Å². The van der Waals surface area contributed by atoms with E-state index in [1.54, 1.807) is 6.20 Å². The molecule has 0 aliphatic carbocycles. The predicted molar refractivity (Wildman–Crippen MR) is 72.7 cm³/mol. The molecule has 0 aromatic carbocycles. The van der Waals surface area contributed by atoms with Gasteiger partial charge in [-0.1, -0.05) is 27.2 Å². The molecule has 2 unspecified atom stereocenters. The molecule has 2 heterocycles. The number of aryl methyl sites for hydroxylation is 1. The van der Waals surface area contributed by atoms with E-state index in [0.29, 0.717) is 5.89 Å². The van der Waals surface area contributed by atoms with Gasteiger partial charge in [-0.15, -0.1) is 0 Å². The summed E-state index contributed by atoms with van der Waals surface area (Å²) in [6.07, 6.45) is 3.26. The monoisotopic (exact) mass is 279 g/mol. The number of rotatable bonds is 5. The highest BCUT2D eigenvalue weighted by molar-refractivity contribution is 5.94. The maximum Gasteiger partial charge on any atom is 0.246 e. The maximum absolute atomic E-state index is 12.4. The molecule has 1 N–H and O–H groups in total. The molecule has 110 valence electrons. The summed E-state index contributed by atoms with van der Waals surface area (Å²) in [4.78, 5) is 29.8. The summed E-state index contributed by atoms with van der Waals surface area (Å²) >= 11 is 0. The first kappa shape index (κ1) is 14.6. The van der Waals surface area contributed by atoms with Crippen LogP contribution in [0, 0.1) is 5.92 Å². The van der Waals surface area contributed by atoms with E-state index in [4.69, 9.17) is 4.42 Å². The van der Waals surface area contributed by atoms with E-state index < -0.39 is 6.04 Å². The number of aromatic nitrogens is 1. The molecular weight excluding hydrogens is 258 g/mol. The Morgan fingerprint density at radius 2 is 2.25 bits per heavy atom. The minimum atomic E-state index is -0.443. The third-order valence-electron chi connectivity index (χ3n) is 3.72. The molecule has 1 aliphatic rings. The molecule has 1 saturated heterocycles. The van der Waals surface area contributed by atoms with E-state index in [0.717, 1.165) is 18.6 Å². The summed E-state index contributed by atoms with van der Waals surface area (Å²) in [5.74, 6) is 1.19. The third kappa shape index (κ3) is 3.00. The second-order valence-corrected chi connectivity index (χ2v) is 5.20. The van der Waals surface area contributed by atoms with Crippen LogP contribution in [-0.4, -0.2) is 34.3 Å². The zero-order valence-corrected chi connectivity index (χ0v) is 12.2. The first-order valence-electron chi connectivity index (χ1n) is 7.06. The highest BCUT2D eigenvalue weighted by Crippen LogP contribution is 2.16. The average Bonchev–Trinajstić information content (AvgIpc) is 2.89. The van der Waals surface area contributed by atoms with Crippen LogP contribution >= 0.6 is 0 Å². The van der Waals surface area contributed by atoms with Crippen molar-refractivity contribution >= 4 is 11.8 Å². The lowest BCUT2D eigenvalue weighted by atomic mass is 9.96. The number of oxazole rings is 1. The fourth-order valence-electron chi connectivity index (χ4n) is 2.23. The van der Waals surface area contributed by atoms with Crippen LogP contribution in [0.5, 0.6) is 0 Å². The SMILES string of the molecule is CCc1cnc(CN2CC(=O)NC(C(C)CC)C2=O)o1. The van der Waals surface area contributed by atoms with Gasteiger partial charge in [-0.25, -0.2) is 4.98 Å². The molecule has 1 aromatic heterocycles. The fraction of sp³-hybridized carbons (Fsp3) is 0.643. The minimum absolute atomic E-state index is 0.0600. The summed E-state index contributed by atoms with van der Waals surface area (Å²) in [5.41, 5.74) is 0. The number of hydrogen-bond donors (Lipinski definition) is 1. The van der Waals surface area contributed by atoms with Gasteiger partial charge in [0.15, 0.2) is 0 Å². The summed E-state index contributed by atoms with van der Waals surface area (Å²) in [6, 6.07) is -0.443. The van der Waals surface area contributed by atoms with Gasteiger partial charge >= 0.3 is 0 Å². The number of carbonyl (C=O) groups is 2. The summed E-state index contributed by atoms with van der Waals surface area (Å²) in [5, 5.41) is 2.77. The van der Waals surface area contributed by atoms with Crippen LogP contribution in [-0.2, 0) is 22.6 Å². The summed E-state index contributed by atoms with van der Waals surface area (Å²) in [6.45, 7) is 6.26. The molecular formula is C14H21N3O3. The van der Waals surface area contributed by atoms with E-state index in [2.05, 4.69) is 10.3 Å². The van der Waals surface area contributed by atoms with Gasteiger partial charge in [-0.05, 0) is 5.92 Å². The van der Waals surface area contributed by atoms with Crippen molar-refractivity contribution in [3.05, 3.63) is 17.8 Å². The van der Waals surface area contributed by atoms with Crippen molar-refractivity contribution in [1.82, 2.24) is 15.2 Å². The Kier molecular flexibility index (Phi) is 4.42. The van der Waals surface area contributed by atoms with Crippen LogP contribution in [0.2, 0.25) is 0 Å². The zero-order valence-electron chi connectivity index (χ0n) is 12.2. The molecule has 1 aliphatic heterocycles. The number of nitrogens with one attached hydrogen (secondary N) is 1. The minimum Gasteiger partial charge on any atom is -0.444 e. The van der Waals surface area contributed by atoms with E-state index in [1.165, 1.54) is 4.90 Å². The molecule has 20 heavy (non-hydrogen) atoms. The summed E-state index contributed by atoms with van der Waals surface area (Å²) in [7, 11) is 0. The van der Waals surface area contributed by atoms with Gasteiger partial charge in [0.05, 0.1) is 12.7 Å². The Labute approximate surface area is 118 Å². The molecule has 2 atom stereocenters. The van der Waals surface area contributed by atoms with Crippen LogP contribution in [0.25, 0.3) is 0 Å².